The van der Waals surface area contributed by atoms with Gasteiger partial charge in [0.1, 0.15) is 6.17 Å². The Balaban J connectivity index is 2.03. The monoisotopic (exact) mass is 464 g/mol. The number of rotatable bonds is 5. The van der Waals surface area contributed by atoms with Gasteiger partial charge in [-0.2, -0.15) is 0 Å². The molecule has 1 atom stereocenters. The molecule has 0 aliphatic rings. The van der Waals surface area contributed by atoms with E-state index < -0.39 is 15.9 Å². The zero-order chi connectivity index (χ0) is 20.0. The van der Waals surface area contributed by atoms with Crippen LogP contribution in [0.15, 0.2) is 41.8 Å². The topological polar surface area (TPSA) is 82.3 Å². The molecule has 0 fully saturated rings. The Labute approximate surface area is 180 Å². The molecule has 1 heterocycles. The third-order valence-corrected chi connectivity index (χ3v) is 4.81. The molecule has 27 heavy (non-hydrogen) atoms. The van der Waals surface area contributed by atoms with Crippen LogP contribution in [0.5, 0.6) is 0 Å². The minimum absolute atomic E-state index is 0.123. The number of nitrogens with one attached hydrogen (secondary N) is 4. The normalized spacial score (nSPS) is 12.0. The standard InChI is InChI=1S/C16H15Cl3N4O2S2/c1-9(24)20-10-4-2-5-11(8-10)21-15(26)23-14(16(17,18)19)22-13(25)12-6-3-7-27-12/h2-8,14H,1H3,(H,20,24)(H,22,25)(H2,21,23,26). The van der Waals surface area contributed by atoms with E-state index in [-0.39, 0.29) is 11.0 Å². The van der Waals surface area contributed by atoms with Crippen molar-refractivity contribution in [2.45, 2.75) is 16.9 Å². The van der Waals surface area contributed by atoms with Gasteiger partial charge in [-0.25, -0.2) is 0 Å². The number of benzene rings is 1. The van der Waals surface area contributed by atoms with Crippen molar-refractivity contribution >= 4 is 86.7 Å². The van der Waals surface area contributed by atoms with E-state index in [0.29, 0.717) is 16.3 Å². The summed E-state index contributed by atoms with van der Waals surface area (Å²) < 4.78 is -1.85. The number of alkyl halides is 3. The summed E-state index contributed by atoms with van der Waals surface area (Å²) in [6, 6.07) is 10.3. The number of halogens is 3. The van der Waals surface area contributed by atoms with Crippen molar-refractivity contribution in [3.63, 3.8) is 0 Å². The van der Waals surface area contributed by atoms with Gasteiger partial charge in [-0.05, 0) is 41.9 Å². The van der Waals surface area contributed by atoms with Gasteiger partial charge in [0.15, 0.2) is 5.11 Å². The second kappa shape index (κ2) is 9.57. The van der Waals surface area contributed by atoms with E-state index >= 15 is 0 Å². The van der Waals surface area contributed by atoms with Crippen LogP contribution in [0.3, 0.4) is 0 Å². The first-order chi connectivity index (χ1) is 12.6. The molecule has 4 N–H and O–H groups in total. The van der Waals surface area contributed by atoms with Crippen LogP contribution in [0.25, 0.3) is 0 Å². The summed E-state index contributed by atoms with van der Waals surface area (Å²) in [5.41, 5.74) is 1.20. The first-order valence-electron chi connectivity index (χ1n) is 7.51. The summed E-state index contributed by atoms with van der Waals surface area (Å²) in [6.07, 6.45) is -1.07. The predicted molar refractivity (Wildman–Crippen MR) is 116 cm³/mol. The first kappa shape index (κ1) is 21.7. The lowest BCUT2D eigenvalue weighted by atomic mass is 10.3. The van der Waals surface area contributed by atoms with Crippen LogP contribution in [0.2, 0.25) is 0 Å². The van der Waals surface area contributed by atoms with Crippen LogP contribution in [0, 0.1) is 0 Å². The highest BCUT2D eigenvalue weighted by Gasteiger charge is 2.35. The molecule has 1 unspecified atom stereocenters. The summed E-state index contributed by atoms with van der Waals surface area (Å²) >= 11 is 24.4. The van der Waals surface area contributed by atoms with Gasteiger partial charge in [-0.3, -0.25) is 9.59 Å². The smallest absolute Gasteiger partial charge is 0.263 e. The van der Waals surface area contributed by atoms with Crippen molar-refractivity contribution in [1.82, 2.24) is 10.6 Å². The summed E-state index contributed by atoms with van der Waals surface area (Å²) in [4.78, 5) is 23.8. The lowest BCUT2D eigenvalue weighted by Gasteiger charge is -2.27. The number of anilines is 2. The lowest BCUT2D eigenvalue weighted by molar-refractivity contribution is -0.114. The molecule has 0 aliphatic carbocycles. The molecule has 144 valence electrons. The van der Waals surface area contributed by atoms with E-state index in [1.165, 1.54) is 18.3 Å². The molecule has 2 amide bonds. The third-order valence-electron chi connectivity index (χ3n) is 3.06. The highest BCUT2D eigenvalue weighted by Crippen LogP contribution is 2.29. The summed E-state index contributed by atoms with van der Waals surface area (Å²) in [7, 11) is 0. The van der Waals surface area contributed by atoms with E-state index in [0.717, 1.165) is 0 Å². The van der Waals surface area contributed by atoms with E-state index in [1.54, 1.807) is 41.8 Å². The Hall–Kier alpha value is -1.58. The van der Waals surface area contributed by atoms with E-state index in [2.05, 4.69) is 21.3 Å². The average Bonchev–Trinajstić information content (AvgIpc) is 3.07. The molecule has 0 saturated heterocycles. The van der Waals surface area contributed by atoms with Crippen LogP contribution in [0.4, 0.5) is 11.4 Å². The SMILES string of the molecule is CC(=O)Nc1cccc(NC(=S)NC(NC(=O)c2cccs2)C(Cl)(Cl)Cl)c1. The maximum atomic E-state index is 12.2. The summed E-state index contributed by atoms with van der Waals surface area (Å²) in [6.45, 7) is 1.41. The molecule has 11 heteroatoms. The van der Waals surface area contributed by atoms with Crippen molar-refractivity contribution in [3.05, 3.63) is 46.7 Å². The Morgan fingerprint density at radius 2 is 1.74 bits per heavy atom. The molecule has 2 rings (SSSR count). The number of hydrogen-bond donors (Lipinski definition) is 4. The molecular formula is C16H15Cl3N4O2S2. The average molecular weight is 466 g/mol. The van der Waals surface area contributed by atoms with E-state index in [9.17, 15) is 9.59 Å². The van der Waals surface area contributed by atoms with Crippen LogP contribution in [-0.2, 0) is 4.79 Å². The van der Waals surface area contributed by atoms with Crippen molar-refractivity contribution < 1.29 is 9.59 Å². The fourth-order valence-corrected chi connectivity index (χ4v) is 3.18. The van der Waals surface area contributed by atoms with Crippen molar-refractivity contribution in [1.29, 1.82) is 0 Å². The highest BCUT2D eigenvalue weighted by atomic mass is 35.6. The van der Waals surface area contributed by atoms with Gasteiger partial charge in [-0.15, -0.1) is 11.3 Å². The first-order valence-corrected chi connectivity index (χ1v) is 9.93. The Bertz CT molecular complexity index is 825. The molecule has 2 aromatic rings. The van der Waals surface area contributed by atoms with Gasteiger partial charge in [0, 0.05) is 18.3 Å². The van der Waals surface area contributed by atoms with Crippen molar-refractivity contribution in [2.75, 3.05) is 10.6 Å². The number of carbonyl (C=O) groups excluding carboxylic acids is 2. The molecule has 1 aromatic heterocycles. The molecular weight excluding hydrogens is 451 g/mol. The second-order valence-corrected chi connectivity index (χ2v) is 9.01. The van der Waals surface area contributed by atoms with E-state index in [4.69, 9.17) is 47.0 Å². The predicted octanol–water partition coefficient (Wildman–Crippen LogP) is 4.12. The van der Waals surface area contributed by atoms with Gasteiger partial charge in [0.05, 0.1) is 4.88 Å². The summed E-state index contributed by atoms with van der Waals surface area (Å²) in [5, 5.41) is 12.8. The highest BCUT2D eigenvalue weighted by molar-refractivity contribution is 7.80. The maximum absolute atomic E-state index is 12.2. The number of thiocarbonyl (C=S) groups is 1. The quantitative estimate of drug-likeness (QED) is 0.303. The lowest BCUT2D eigenvalue weighted by Crippen LogP contribution is -2.56. The van der Waals surface area contributed by atoms with Gasteiger partial charge in [0.2, 0.25) is 9.70 Å². The van der Waals surface area contributed by atoms with Crippen LogP contribution in [0.1, 0.15) is 16.6 Å². The molecule has 0 bridgehead atoms. The molecule has 0 radical (unpaired) electrons. The number of carbonyl (C=O) groups is 2. The van der Waals surface area contributed by atoms with Crippen molar-refractivity contribution in [2.24, 2.45) is 0 Å². The van der Waals surface area contributed by atoms with Gasteiger partial charge in [-0.1, -0.05) is 46.9 Å². The van der Waals surface area contributed by atoms with Crippen LogP contribution < -0.4 is 21.3 Å². The van der Waals surface area contributed by atoms with Gasteiger partial charge < -0.3 is 21.3 Å². The minimum Gasteiger partial charge on any atom is -0.339 e. The van der Waals surface area contributed by atoms with Crippen molar-refractivity contribution in [3.8, 4) is 0 Å². The molecule has 6 nitrogen and oxygen atoms in total. The zero-order valence-electron chi connectivity index (χ0n) is 13.9. The Morgan fingerprint density at radius 3 is 2.30 bits per heavy atom. The minimum atomic E-state index is -1.85. The number of thiophene rings is 1. The zero-order valence-corrected chi connectivity index (χ0v) is 17.8. The Kier molecular flexibility index (Phi) is 7.69. The van der Waals surface area contributed by atoms with Gasteiger partial charge >= 0.3 is 0 Å². The fourth-order valence-electron chi connectivity index (χ4n) is 1.99. The molecule has 0 aliphatic heterocycles. The largest absolute Gasteiger partial charge is 0.339 e. The van der Waals surface area contributed by atoms with Gasteiger partial charge in [0.25, 0.3) is 5.91 Å². The number of amides is 2. The molecule has 0 spiro atoms. The van der Waals surface area contributed by atoms with Crippen LogP contribution >= 0.6 is 58.4 Å². The molecule has 1 aromatic carbocycles. The number of hydrogen-bond acceptors (Lipinski definition) is 4. The van der Waals surface area contributed by atoms with E-state index in [1.807, 2.05) is 0 Å². The van der Waals surface area contributed by atoms with Crippen LogP contribution in [-0.4, -0.2) is 26.9 Å². The maximum Gasteiger partial charge on any atom is 0.263 e. The Morgan fingerprint density at radius 1 is 1.07 bits per heavy atom. The summed E-state index contributed by atoms with van der Waals surface area (Å²) in [5.74, 6) is -0.593. The fraction of sp³-hybridized carbons (Fsp3) is 0.188. The third kappa shape index (κ3) is 7.15. The second-order valence-electron chi connectivity index (χ2n) is 5.29. The molecule has 0 saturated carbocycles.